The van der Waals surface area contributed by atoms with Crippen molar-refractivity contribution >= 4 is 39.7 Å². The normalized spacial score (nSPS) is 14.8. The molecule has 192 valence electrons. The van der Waals surface area contributed by atoms with Gasteiger partial charge in [0.15, 0.2) is 0 Å². The minimum absolute atomic E-state index is 0.161. The van der Waals surface area contributed by atoms with Gasteiger partial charge in [-0.3, -0.25) is 15.0 Å². The number of amides is 2. The van der Waals surface area contributed by atoms with Gasteiger partial charge in [0.1, 0.15) is 5.84 Å². The molecular formula is C27H31BrN8O. The van der Waals surface area contributed by atoms with Gasteiger partial charge in [-0.15, -0.1) is 0 Å². The molecular weight excluding hydrogens is 532 g/mol. The highest BCUT2D eigenvalue weighted by Gasteiger charge is 2.25. The van der Waals surface area contributed by atoms with Crippen LogP contribution in [0, 0.1) is 17.2 Å². The van der Waals surface area contributed by atoms with E-state index in [0.717, 1.165) is 24.1 Å². The number of anilines is 1. The zero-order chi connectivity index (χ0) is 26.6. The number of aliphatic imine (C=N–C) groups is 1. The summed E-state index contributed by atoms with van der Waals surface area (Å²) >= 11 is 3.30. The lowest BCUT2D eigenvalue weighted by Gasteiger charge is -2.33. The number of halogens is 1. The molecule has 1 saturated heterocycles. The van der Waals surface area contributed by atoms with Gasteiger partial charge in [-0.05, 0) is 58.6 Å². The van der Waals surface area contributed by atoms with Gasteiger partial charge in [-0.25, -0.2) is 4.79 Å². The smallest absolute Gasteiger partial charge is 0.321 e. The number of amidine groups is 1. The molecule has 1 aliphatic rings. The van der Waals surface area contributed by atoms with Crippen molar-refractivity contribution < 1.29 is 4.79 Å². The zero-order valence-electron chi connectivity index (χ0n) is 21.1. The first-order valence-electron chi connectivity index (χ1n) is 11.9. The van der Waals surface area contributed by atoms with Crippen LogP contribution in [0.25, 0.3) is 0 Å². The van der Waals surface area contributed by atoms with Crippen LogP contribution in [0.1, 0.15) is 24.0 Å². The van der Waals surface area contributed by atoms with Crippen molar-refractivity contribution in [1.29, 1.82) is 5.26 Å². The Balaban J connectivity index is 1.69. The largest absolute Gasteiger partial charge is 0.391 e. The second-order valence-corrected chi connectivity index (χ2v) is 9.50. The number of nitriles is 1. The van der Waals surface area contributed by atoms with E-state index >= 15 is 0 Å². The zero-order valence-corrected chi connectivity index (χ0v) is 22.6. The van der Waals surface area contributed by atoms with E-state index in [4.69, 9.17) is 10.3 Å². The van der Waals surface area contributed by atoms with Crippen LogP contribution < -0.4 is 10.6 Å². The number of likely N-dealkylation sites (N-methyl/N-ethyl adjacent to an activating group) is 1. The summed E-state index contributed by atoms with van der Waals surface area (Å²) < 4.78 is 0.661. The number of rotatable bonds is 8. The lowest BCUT2D eigenvalue weighted by molar-refractivity contribution is 0.188. The number of carbonyl (C=O) groups excluding carboxylic acids is 1. The number of hydrazone groups is 1. The average Bonchev–Trinajstić information content (AvgIpc) is 2.92. The molecule has 10 heteroatoms. The molecule has 0 saturated carbocycles. The summed E-state index contributed by atoms with van der Waals surface area (Å²) in [6.45, 7) is 5.51. The summed E-state index contributed by atoms with van der Waals surface area (Å²) in [7, 11) is 3.74. The molecule has 1 aromatic heterocycles. The Morgan fingerprint density at radius 1 is 1.35 bits per heavy atom. The number of carbonyl (C=O) groups is 1. The van der Waals surface area contributed by atoms with Gasteiger partial charge in [0, 0.05) is 67.4 Å². The van der Waals surface area contributed by atoms with Crippen LogP contribution in [0.2, 0.25) is 0 Å². The standard InChI is InChI=1S/C27H31BrN8O/c1-20(28)17-33-35(3)26(32-19-22-7-5-11-31-18-22)15-25(30-2)23-9-12-36(13-10-23)27(37)34-24-8-4-6-21(14-24)16-29/h4-8,11,14-15,17-18,23,30H,1,9-10,12-13,19H2,2-3H3,(H,34,37)/b25-15?,32-26?,33-17-. The Kier molecular flexibility index (Phi) is 10.4. The quantitative estimate of drug-likeness (QED) is 0.274. The Morgan fingerprint density at radius 3 is 2.78 bits per heavy atom. The number of allylic oxidation sites excluding steroid dienone is 2. The highest BCUT2D eigenvalue weighted by Crippen LogP contribution is 2.24. The summed E-state index contributed by atoms with van der Waals surface area (Å²) in [4.78, 5) is 23.5. The van der Waals surface area contributed by atoms with Crippen molar-refractivity contribution in [3.05, 3.63) is 82.8 Å². The van der Waals surface area contributed by atoms with Gasteiger partial charge in [0.25, 0.3) is 0 Å². The van der Waals surface area contributed by atoms with Crippen LogP contribution in [0.3, 0.4) is 0 Å². The van der Waals surface area contributed by atoms with Crippen molar-refractivity contribution in [3.63, 3.8) is 0 Å². The number of urea groups is 1. The highest BCUT2D eigenvalue weighted by atomic mass is 79.9. The third kappa shape index (κ3) is 8.58. The van der Waals surface area contributed by atoms with Crippen LogP contribution in [-0.2, 0) is 6.54 Å². The number of nitrogens with one attached hydrogen (secondary N) is 2. The van der Waals surface area contributed by atoms with Gasteiger partial charge in [-0.1, -0.05) is 18.7 Å². The summed E-state index contributed by atoms with van der Waals surface area (Å²) in [6, 6.07) is 12.7. The number of hydrogen-bond donors (Lipinski definition) is 2. The summed E-state index contributed by atoms with van der Waals surface area (Å²) in [5.41, 5.74) is 3.16. The van der Waals surface area contributed by atoms with E-state index in [-0.39, 0.29) is 11.9 Å². The van der Waals surface area contributed by atoms with Gasteiger partial charge in [0.05, 0.1) is 24.4 Å². The molecule has 0 unspecified atom stereocenters. The topological polar surface area (TPSA) is 109 Å². The molecule has 2 N–H and O–H groups in total. The minimum Gasteiger partial charge on any atom is -0.391 e. The Bertz CT molecular complexity index is 1210. The molecule has 37 heavy (non-hydrogen) atoms. The maximum absolute atomic E-state index is 12.8. The van der Waals surface area contributed by atoms with E-state index in [1.165, 1.54) is 0 Å². The van der Waals surface area contributed by atoms with Crippen molar-refractivity contribution in [1.82, 2.24) is 20.2 Å². The van der Waals surface area contributed by atoms with E-state index < -0.39 is 0 Å². The molecule has 2 aromatic rings. The third-order valence-corrected chi connectivity index (χ3v) is 6.09. The molecule has 0 radical (unpaired) electrons. The third-order valence-electron chi connectivity index (χ3n) is 5.89. The molecule has 2 heterocycles. The summed E-state index contributed by atoms with van der Waals surface area (Å²) in [5.74, 6) is 0.929. The lowest BCUT2D eigenvalue weighted by atomic mass is 9.93. The molecule has 1 aromatic carbocycles. The number of likely N-dealkylation sites (tertiary alicyclic amines) is 1. The highest BCUT2D eigenvalue weighted by molar-refractivity contribution is 9.12. The minimum atomic E-state index is -0.161. The molecule has 3 rings (SSSR count). The van der Waals surface area contributed by atoms with E-state index in [1.807, 2.05) is 32.3 Å². The SMILES string of the molecule is C=C(Br)/C=N\N(C)C(C=C(NC)C1CCN(C(=O)Nc2cccc(C#N)c2)CC1)=NCc1cccnc1. The Hall–Kier alpha value is -3.97. The van der Waals surface area contributed by atoms with Crippen molar-refractivity contribution in [2.45, 2.75) is 19.4 Å². The molecule has 0 bridgehead atoms. The predicted molar refractivity (Wildman–Crippen MR) is 151 cm³/mol. The molecule has 9 nitrogen and oxygen atoms in total. The second kappa shape index (κ2) is 13.9. The van der Waals surface area contributed by atoms with Gasteiger partial charge < -0.3 is 15.5 Å². The number of hydrogen-bond acceptors (Lipinski definition) is 6. The molecule has 0 aliphatic carbocycles. The van der Waals surface area contributed by atoms with Crippen LogP contribution in [-0.4, -0.2) is 60.2 Å². The molecule has 0 spiro atoms. The van der Waals surface area contributed by atoms with Crippen LogP contribution in [0.4, 0.5) is 10.5 Å². The Morgan fingerprint density at radius 2 is 2.14 bits per heavy atom. The van der Waals surface area contributed by atoms with Gasteiger partial charge >= 0.3 is 6.03 Å². The van der Waals surface area contributed by atoms with E-state index in [2.05, 4.69) is 49.3 Å². The Labute approximate surface area is 226 Å². The number of nitrogens with zero attached hydrogens (tertiary/aromatic N) is 6. The van der Waals surface area contributed by atoms with E-state index in [0.29, 0.717) is 41.2 Å². The summed E-state index contributed by atoms with van der Waals surface area (Å²) in [6.07, 6.45) is 8.78. The number of benzene rings is 1. The fraction of sp³-hybridized carbons (Fsp3) is 0.296. The van der Waals surface area contributed by atoms with Crippen molar-refractivity contribution in [2.75, 3.05) is 32.5 Å². The van der Waals surface area contributed by atoms with E-state index in [1.54, 1.807) is 52.8 Å². The van der Waals surface area contributed by atoms with E-state index in [9.17, 15) is 4.79 Å². The molecule has 1 aliphatic heterocycles. The first-order chi connectivity index (χ1) is 17.9. The molecule has 2 amide bonds. The van der Waals surface area contributed by atoms with Crippen LogP contribution in [0.5, 0.6) is 0 Å². The second-order valence-electron chi connectivity index (χ2n) is 8.48. The number of pyridine rings is 1. The number of aromatic nitrogens is 1. The van der Waals surface area contributed by atoms with Gasteiger partial charge in [-0.2, -0.15) is 10.4 Å². The maximum Gasteiger partial charge on any atom is 0.321 e. The summed E-state index contributed by atoms with van der Waals surface area (Å²) in [5, 5.41) is 21.4. The molecule has 0 atom stereocenters. The fourth-order valence-electron chi connectivity index (χ4n) is 3.91. The van der Waals surface area contributed by atoms with Crippen molar-refractivity contribution in [2.24, 2.45) is 16.0 Å². The molecule has 1 fully saturated rings. The van der Waals surface area contributed by atoms with Crippen LogP contribution >= 0.6 is 15.9 Å². The monoisotopic (exact) mass is 562 g/mol. The lowest BCUT2D eigenvalue weighted by Crippen LogP contribution is -2.42. The van der Waals surface area contributed by atoms with Crippen LogP contribution in [0.15, 0.2) is 81.7 Å². The van der Waals surface area contributed by atoms with Crippen molar-refractivity contribution in [3.8, 4) is 6.07 Å². The maximum atomic E-state index is 12.8. The first kappa shape index (κ1) is 27.6. The predicted octanol–water partition coefficient (Wildman–Crippen LogP) is 4.73. The fourth-order valence-corrected chi connectivity index (χ4v) is 4.00. The number of piperidine rings is 1. The average molecular weight is 564 g/mol. The first-order valence-corrected chi connectivity index (χ1v) is 12.7. The van der Waals surface area contributed by atoms with Gasteiger partial charge in [0.2, 0.25) is 0 Å².